The van der Waals surface area contributed by atoms with Crippen molar-refractivity contribution >= 4 is 0 Å². The number of aliphatic hydroxyl groups is 1. The average Bonchev–Trinajstić information content (AvgIpc) is 2.38. The summed E-state index contributed by atoms with van der Waals surface area (Å²) in [7, 11) is 0. The van der Waals surface area contributed by atoms with Gasteiger partial charge in [-0.2, -0.15) is 5.26 Å². The number of para-hydroxylation sites is 1. The van der Waals surface area contributed by atoms with Crippen LogP contribution >= 0.6 is 0 Å². The van der Waals surface area contributed by atoms with Gasteiger partial charge in [0.15, 0.2) is 0 Å². The predicted molar refractivity (Wildman–Crippen MR) is 74.8 cm³/mol. The largest absolute Gasteiger partial charge is 0.493 e. The van der Waals surface area contributed by atoms with Crippen molar-refractivity contribution in [1.82, 2.24) is 5.32 Å². The Morgan fingerprint density at radius 3 is 2.68 bits per heavy atom. The van der Waals surface area contributed by atoms with Crippen LogP contribution in [0.5, 0.6) is 5.75 Å². The van der Waals surface area contributed by atoms with Gasteiger partial charge in [-0.25, -0.2) is 0 Å². The molecule has 0 spiro atoms. The zero-order valence-corrected chi connectivity index (χ0v) is 11.8. The van der Waals surface area contributed by atoms with Gasteiger partial charge in [-0.05, 0) is 26.8 Å². The van der Waals surface area contributed by atoms with Crippen LogP contribution in [-0.4, -0.2) is 23.3 Å². The maximum absolute atomic E-state index is 9.22. The molecule has 1 unspecified atom stereocenters. The van der Waals surface area contributed by atoms with Crippen LogP contribution in [0.25, 0.3) is 0 Å². The molecule has 0 aliphatic rings. The fourth-order valence-corrected chi connectivity index (χ4v) is 1.94. The first-order valence-corrected chi connectivity index (χ1v) is 6.51. The van der Waals surface area contributed by atoms with Crippen molar-refractivity contribution in [1.29, 1.82) is 5.26 Å². The van der Waals surface area contributed by atoms with Gasteiger partial charge in [0.1, 0.15) is 11.3 Å². The maximum Gasteiger partial charge on any atom is 0.124 e. The molecule has 0 radical (unpaired) electrons. The molecule has 1 atom stereocenters. The summed E-state index contributed by atoms with van der Waals surface area (Å²) in [5.74, 6) is 0.676. The summed E-state index contributed by atoms with van der Waals surface area (Å²) < 4.78 is 5.66. The van der Waals surface area contributed by atoms with E-state index in [1.54, 1.807) is 0 Å². The van der Waals surface area contributed by atoms with Crippen molar-refractivity contribution in [3.8, 4) is 11.8 Å². The van der Waals surface area contributed by atoms with Crippen LogP contribution < -0.4 is 10.1 Å². The molecule has 2 N–H and O–H groups in total. The number of hydrogen-bond donors (Lipinski definition) is 2. The van der Waals surface area contributed by atoms with Crippen LogP contribution in [-0.2, 0) is 6.61 Å². The number of nitrogens with one attached hydrogen (secondary N) is 1. The highest BCUT2D eigenvalue weighted by atomic mass is 16.5. The van der Waals surface area contributed by atoms with Gasteiger partial charge in [0.2, 0.25) is 0 Å². The van der Waals surface area contributed by atoms with Gasteiger partial charge in [-0.15, -0.1) is 0 Å². The van der Waals surface area contributed by atoms with Crippen molar-refractivity contribution < 1.29 is 9.84 Å². The second kappa shape index (κ2) is 7.13. The number of nitriles is 1. The molecule has 104 valence electrons. The van der Waals surface area contributed by atoms with Crippen molar-refractivity contribution in [3.05, 3.63) is 29.8 Å². The smallest absolute Gasteiger partial charge is 0.124 e. The third kappa shape index (κ3) is 4.90. The summed E-state index contributed by atoms with van der Waals surface area (Å²) in [6, 6.07) is 9.90. The van der Waals surface area contributed by atoms with Gasteiger partial charge in [-0.3, -0.25) is 5.32 Å². The van der Waals surface area contributed by atoms with E-state index in [0.717, 1.165) is 5.56 Å². The molecule has 4 nitrogen and oxygen atoms in total. The molecule has 1 aromatic carbocycles. The van der Waals surface area contributed by atoms with E-state index < -0.39 is 5.54 Å². The Balaban J connectivity index is 2.55. The molecular formula is C15H22N2O2. The molecule has 1 aromatic rings. The fraction of sp³-hybridized carbons (Fsp3) is 0.533. The van der Waals surface area contributed by atoms with Crippen molar-refractivity contribution in [2.75, 3.05) is 6.61 Å². The Morgan fingerprint density at radius 2 is 2.11 bits per heavy atom. The van der Waals surface area contributed by atoms with Crippen molar-refractivity contribution in [3.63, 3.8) is 0 Å². The number of hydrogen-bond acceptors (Lipinski definition) is 4. The fourth-order valence-electron chi connectivity index (χ4n) is 1.94. The number of aliphatic hydroxyl groups excluding tert-OH is 1. The van der Waals surface area contributed by atoms with Gasteiger partial charge in [-0.1, -0.05) is 18.2 Å². The van der Waals surface area contributed by atoms with E-state index in [0.29, 0.717) is 18.8 Å². The lowest BCUT2D eigenvalue weighted by Gasteiger charge is -2.26. The lowest BCUT2D eigenvalue weighted by Crippen LogP contribution is -2.45. The number of nitrogens with zero attached hydrogens (tertiary/aromatic N) is 1. The normalized spacial score (nSPS) is 13.9. The molecule has 0 saturated carbocycles. The molecule has 0 amide bonds. The monoisotopic (exact) mass is 262 g/mol. The SMILES string of the molecule is CC(C)NC(C)(C#N)CCOc1ccccc1CO. The minimum Gasteiger partial charge on any atom is -0.493 e. The first-order valence-electron chi connectivity index (χ1n) is 6.51. The van der Waals surface area contributed by atoms with Crippen molar-refractivity contribution in [2.24, 2.45) is 0 Å². The van der Waals surface area contributed by atoms with E-state index in [-0.39, 0.29) is 12.6 Å². The molecule has 0 fully saturated rings. The highest BCUT2D eigenvalue weighted by Crippen LogP contribution is 2.19. The molecule has 0 aromatic heterocycles. The first-order chi connectivity index (χ1) is 9.00. The Morgan fingerprint density at radius 1 is 1.42 bits per heavy atom. The molecule has 19 heavy (non-hydrogen) atoms. The average molecular weight is 262 g/mol. The lowest BCUT2D eigenvalue weighted by atomic mass is 9.99. The number of rotatable bonds is 7. The third-order valence-electron chi connectivity index (χ3n) is 2.86. The second-order valence-electron chi connectivity index (χ2n) is 5.11. The Kier molecular flexibility index (Phi) is 5.81. The first kappa shape index (κ1) is 15.5. The molecule has 4 heteroatoms. The second-order valence-corrected chi connectivity index (χ2v) is 5.11. The van der Waals surface area contributed by atoms with Crippen LogP contribution in [0.3, 0.4) is 0 Å². The summed E-state index contributed by atoms with van der Waals surface area (Å²) >= 11 is 0. The van der Waals surface area contributed by atoms with Gasteiger partial charge in [0.25, 0.3) is 0 Å². The zero-order valence-electron chi connectivity index (χ0n) is 11.8. The Hall–Kier alpha value is -1.57. The maximum atomic E-state index is 9.22. The van der Waals surface area contributed by atoms with E-state index in [4.69, 9.17) is 4.74 Å². The zero-order chi connectivity index (χ0) is 14.3. The Labute approximate surface area is 115 Å². The summed E-state index contributed by atoms with van der Waals surface area (Å²) in [4.78, 5) is 0. The molecule has 0 heterocycles. The minimum atomic E-state index is -0.595. The third-order valence-corrected chi connectivity index (χ3v) is 2.86. The quantitative estimate of drug-likeness (QED) is 0.791. The van der Waals surface area contributed by atoms with E-state index in [9.17, 15) is 10.4 Å². The van der Waals surface area contributed by atoms with Crippen LogP contribution in [0.2, 0.25) is 0 Å². The predicted octanol–water partition coefficient (Wildman–Crippen LogP) is 2.23. The highest BCUT2D eigenvalue weighted by Gasteiger charge is 2.24. The molecule has 0 aliphatic carbocycles. The molecule has 0 aliphatic heterocycles. The summed E-state index contributed by atoms with van der Waals surface area (Å²) in [5, 5.41) is 21.7. The molecule has 1 rings (SSSR count). The van der Waals surface area contributed by atoms with Gasteiger partial charge >= 0.3 is 0 Å². The Bertz CT molecular complexity index is 440. The van der Waals surface area contributed by atoms with Crippen LogP contribution in [0.4, 0.5) is 0 Å². The number of ether oxygens (including phenoxy) is 1. The van der Waals surface area contributed by atoms with Gasteiger partial charge in [0, 0.05) is 18.0 Å². The summed E-state index contributed by atoms with van der Waals surface area (Å²) in [6.45, 7) is 6.28. The standard InChI is InChI=1S/C15H22N2O2/c1-12(2)17-15(3,11-16)8-9-19-14-7-5-4-6-13(14)10-18/h4-7,12,17-18H,8-10H2,1-3H3. The highest BCUT2D eigenvalue weighted by molar-refractivity contribution is 5.32. The van der Waals surface area contributed by atoms with Crippen LogP contribution in [0.15, 0.2) is 24.3 Å². The van der Waals surface area contributed by atoms with Crippen molar-refractivity contribution in [2.45, 2.75) is 45.4 Å². The minimum absolute atomic E-state index is 0.0457. The van der Waals surface area contributed by atoms with E-state index >= 15 is 0 Å². The lowest BCUT2D eigenvalue weighted by molar-refractivity contribution is 0.242. The van der Waals surface area contributed by atoms with E-state index in [1.807, 2.05) is 45.0 Å². The molecule has 0 saturated heterocycles. The molecule has 0 bridgehead atoms. The van der Waals surface area contributed by atoms with E-state index in [2.05, 4.69) is 11.4 Å². The van der Waals surface area contributed by atoms with Gasteiger partial charge < -0.3 is 9.84 Å². The summed E-state index contributed by atoms with van der Waals surface area (Å²) in [6.07, 6.45) is 0.585. The van der Waals surface area contributed by atoms with Gasteiger partial charge in [0.05, 0.1) is 19.3 Å². The molecular weight excluding hydrogens is 240 g/mol. The van der Waals surface area contributed by atoms with Crippen LogP contribution in [0, 0.1) is 11.3 Å². The number of benzene rings is 1. The summed E-state index contributed by atoms with van der Waals surface area (Å²) in [5.41, 5.74) is 0.167. The topological polar surface area (TPSA) is 65.3 Å². The van der Waals surface area contributed by atoms with Crippen LogP contribution in [0.1, 0.15) is 32.8 Å². The van der Waals surface area contributed by atoms with E-state index in [1.165, 1.54) is 0 Å².